The minimum atomic E-state index is 0. The van der Waals surface area contributed by atoms with Gasteiger partial charge in [-0.3, -0.25) is 9.97 Å². The standard InChI is InChI=1S/C14H13N7O.C14H15N5O.2C2H6.2CH4/c1-8-7-22-5-3-11-16-12-13(20(8)11)9-2-4-15-6-10(9)21-14(12)17-18-19-21;1-8-7-20-5-3-11-18-12-13(19(8)11)9-2-4-16-6-10(9)17-14(12)15;2*1-2;;/h2,4,6,8H,3,5,7H2,1H3;2,4,6,8H,3,5,7H2,1H3,(H2,15,17);2*1-2H3;2*1H4. The molecule has 0 aromatic carbocycles. The fraction of sp³-hybridized carbons (Fsp3) is 0.471. The van der Waals surface area contributed by atoms with E-state index >= 15 is 0 Å². The summed E-state index contributed by atoms with van der Waals surface area (Å²) in [7, 11) is 0. The van der Waals surface area contributed by atoms with Gasteiger partial charge in [0.05, 0.1) is 73.0 Å². The average Bonchev–Trinajstić information content (AvgIpc) is 3.78. The summed E-state index contributed by atoms with van der Waals surface area (Å²) in [5, 5.41) is 14.1. The molecule has 0 radical (unpaired) electrons. The van der Waals surface area contributed by atoms with Gasteiger partial charge in [-0.05, 0) is 36.4 Å². The maximum absolute atomic E-state index is 6.07. The monoisotopic (exact) mass is 656 g/mol. The van der Waals surface area contributed by atoms with Gasteiger partial charge in [-0.2, -0.15) is 4.52 Å². The molecule has 256 valence electrons. The molecule has 9 rings (SSSR count). The summed E-state index contributed by atoms with van der Waals surface area (Å²) in [5.74, 6) is 2.51. The minimum Gasteiger partial charge on any atom is -0.382 e. The third kappa shape index (κ3) is 6.01. The van der Waals surface area contributed by atoms with Crippen LogP contribution in [0.4, 0.5) is 5.82 Å². The molecule has 0 bridgehead atoms. The number of pyridine rings is 4. The Kier molecular flexibility index (Phi) is 11.5. The van der Waals surface area contributed by atoms with Gasteiger partial charge >= 0.3 is 0 Å². The lowest BCUT2D eigenvalue weighted by atomic mass is 10.2. The van der Waals surface area contributed by atoms with Gasteiger partial charge in [0.15, 0.2) is 5.82 Å². The van der Waals surface area contributed by atoms with Gasteiger partial charge in [0.25, 0.3) is 0 Å². The number of rotatable bonds is 0. The molecule has 2 atom stereocenters. The van der Waals surface area contributed by atoms with E-state index in [1.807, 2.05) is 39.8 Å². The fourth-order valence-electron chi connectivity index (χ4n) is 6.20. The Balaban J connectivity index is 0.000000190. The van der Waals surface area contributed by atoms with Crippen LogP contribution in [0.25, 0.3) is 49.5 Å². The predicted molar refractivity (Wildman–Crippen MR) is 191 cm³/mol. The summed E-state index contributed by atoms with van der Waals surface area (Å²) in [5.41, 5.74) is 12.2. The van der Waals surface area contributed by atoms with Crippen molar-refractivity contribution < 1.29 is 9.47 Å². The van der Waals surface area contributed by atoms with E-state index in [-0.39, 0.29) is 26.9 Å². The normalized spacial score (nSPS) is 16.9. The Hall–Kier alpha value is -4.82. The zero-order valence-electron chi connectivity index (χ0n) is 27.2. The summed E-state index contributed by atoms with van der Waals surface area (Å²) in [4.78, 5) is 22.2. The van der Waals surface area contributed by atoms with E-state index in [4.69, 9.17) is 20.2 Å². The van der Waals surface area contributed by atoms with E-state index in [1.54, 1.807) is 29.3 Å². The number of nitrogen functional groups attached to an aromatic ring is 1. The lowest BCUT2D eigenvalue weighted by Gasteiger charge is -2.14. The van der Waals surface area contributed by atoms with Gasteiger partial charge < -0.3 is 24.3 Å². The van der Waals surface area contributed by atoms with Gasteiger partial charge in [-0.25, -0.2) is 15.0 Å². The summed E-state index contributed by atoms with van der Waals surface area (Å²) in [6.45, 7) is 15.0. The molecule has 0 aliphatic carbocycles. The molecule has 0 saturated heterocycles. The first-order valence-electron chi connectivity index (χ1n) is 16.0. The van der Waals surface area contributed by atoms with Gasteiger partial charge in [-0.15, -0.1) is 5.10 Å². The molecule has 9 heterocycles. The van der Waals surface area contributed by atoms with Crippen molar-refractivity contribution in [3.05, 3.63) is 48.6 Å². The molecule has 0 saturated carbocycles. The van der Waals surface area contributed by atoms with E-state index < -0.39 is 0 Å². The van der Waals surface area contributed by atoms with Crippen LogP contribution in [0.1, 0.15) is 80.1 Å². The van der Waals surface area contributed by atoms with Crippen LogP contribution in [-0.2, 0) is 22.3 Å². The van der Waals surface area contributed by atoms with Gasteiger partial charge in [0.2, 0.25) is 5.65 Å². The zero-order chi connectivity index (χ0) is 32.4. The van der Waals surface area contributed by atoms with Crippen LogP contribution < -0.4 is 5.73 Å². The van der Waals surface area contributed by atoms with Crippen LogP contribution in [0.3, 0.4) is 0 Å². The molecule has 14 nitrogen and oxygen atoms in total. The summed E-state index contributed by atoms with van der Waals surface area (Å²) >= 11 is 0. The van der Waals surface area contributed by atoms with Crippen LogP contribution in [0, 0.1) is 0 Å². The number of hydrogen-bond acceptors (Lipinski definition) is 11. The van der Waals surface area contributed by atoms with Gasteiger partial charge in [-0.1, -0.05) is 42.5 Å². The number of nitrogens with zero attached hydrogens (tertiary/aromatic N) is 11. The van der Waals surface area contributed by atoms with Crippen molar-refractivity contribution in [2.75, 3.05) is 32.2 Å². The second-order valence-electron chi connectivity index (χ2n) is 10.7. The van der Waals surface area contributed by atoms with E-state index in [1.165, 1.54) is 0 Å². The predicted octanol–water partition coefficient (Wildman–Crippen LogP) is 6.18. The maximum Gasteiger partial charge on any atom is 0.207 e. The Labute approximate surface area is 280 Å². The van der Waals surface area contributed by atoms with Gasteiger partial charge in [0.1, 0.15) is 22.7 Å². The quantitative estimate of drug-likeness (QED) is 0.198. The number of aromatic nitrogens is 11. The van der Waals surface area contributed by atoms with Crippen molar-refractivity contribution in [1.29, 1.82) is 0 Å². The molecule has 0 fully saturated rings. The second-order valence-corrected chi connectivity index (χ2v) is 10.7. The molecule has 2 aliphatic heterocycles. The highest BCUT2D eigenvalue weighted by molar-refractivity contribution is 6.08. The molecule has 0 amide bonds. The first kappa shape index (κ1) is 36.0. The summed E-state index contributed by atoms with van der Waals surface area (Å²) < 4.78 is 17.5. The van der Waals surface area contributed by atoms with Crippen LogP contribution in [0.5, 0.6) is 0 Å². The fourth-order valence-corrected chi connectivity index (χ4v) is 6.20. The van der Waals surface area contributed by atoms with E-state index in [0.717, 1.165) is 68.4 Å². The Morgan fingerprint density at radius 3 is 1.96 bits per heavy atom. The lowest BCUT2D eigenvalue weighted by molar-refractivity contribution is 0.124. The van der Waals surface area contributed by atoms with Crippen molar-refractivity contribution in [1.82, 2.24) is 54.1 Å². The highest BCUT2D eigenvalue weighted by Gasteiger charge is 2.25. The smallest absolute Gasteiger partial charge is 0.207 e. The second kappa shape index (κ2) is 15.4. The maximum atomic E-state index is 6.07. The van der Waals surface area contributed by atoms with E-state index in [9.17, 15) is 0 Å². The third-order valence-corrected chi connectivity index (χ3v) is 8.01. The number of nitrogens with two attached hydrogens (primary N) is 1. The van der Waals surface area contributed by atoms with Crippen LogP contribution in [0.2, 0.25) is 0 Å². The highest BCUT2D eigenvalue weighted by Crippen LogP contribution is 2.33. The number of fused-ring (bicyclic) bond motifs is 13. The zero-order valence-corrected chi connectivity index (χ0v) is 27.2. The molecule has 7 aromatic rings. The molecular weight excluding hydrogens is 608 g/mol. The van der Waals surface area contributed by atoms with Crippen molar-refractivity contribution >= 4 is 55.3 Å². The average molecular weight is 657 g/mol. The Bertz CT molecular complexity index is 2130. The first-order chi connectivity index (χ1) is 22.6. The van der Waals surface area contributed by atoms with Gasteiger partial charge in [0, 0.05) is 36.0 Å². The van der Waals surface area contributed by atoms with E-state index in [2.05, 4.69) is 58.4 Å². The number of tetrazole rings is 1. The SMILES string of the molecule is C.C.CC.CC.CC1COCCc2nc3c(N)nc4cnccc4c3n21.CC1COCCc2nc3c(c4ccncc4n4nnnc34)n21. The molecule has 0 spiro atoms. The van der Waals surface area contributed by atoms with E-state index in [0.29, 0.717) is 37.9 Å². The van der Waals surface area contributed by atoms with Crippen LogP contribution in [-0.4, -0.2) is 80.5 Å². The molecule has 2 N–H and O–H groups in total. The number of ether oxygens (including phenoxy) is 2. The topological polar surface area (TPSA) is 162 Å². The highest BCUT2D eigenvalue weighted by atomic mass is 16.5. The Morgan fingerprint density at radius 2 is 1.31 bits per heavy atom. The number of imidazole rings is 2. The largest absolute Gasteiger partial charge is 0.382 e. The Morgan fingerprint density at radius 1 is 0.750 bits per heavy atom. The lowest BCUT2D eigenvalue weighted by Crippen LogP contribution is -2.10. The number of anilines is 1. The van der Waals surface area contributed by atoms with Crippen LogP contribution >= 0.6 is 0 Å². The molecule has 2 aliphatic rings. The van der Waals surface area contributed by atoms with Crippen molar-refractivity contribution in [3.8, 4) is 0 Å². The van der Waals surface area contributed by atoms with Crippen molar-refractivity contribution in [3.63, 3.8) is 0 Å². The first-order valence-corrected chi connectivity index (χ1v) is 16.0. The molecule has 48 heavy (non-hydrogen) atoms. The number of hydrogen-bond donors (Lipinski definition) is 1. The van der Waals surface area contributed by atoms with Crippen molar-refractivity contribution in [2.24, 2.45) is 0 Å². The summed E-state index contributed by atoms with van der Waals surface area (Å²) in [6, 6.07) is 4.41. The molecule has 14 heteroatoms. The summed E-state index contributed by atoms with van der Waals surface area (Å²) in [6.07, 6.45) is 8.68. The minimum absolute atomic E-state index is 0. The van der Waals surface area contributed by atoms with Crippen LogP contribution in [0.15, 0.2) is 36.9 Å². The molecule has 2 unspecified atom stereocenters. The van der Waals surface area contributed by atoms with Crippen molar-refractivity contribution in [2.45, 2.75) is 81.3 Å². The molecule has 7 aromatic heterocycles. The molecular formula is C34H48N12O2. The third-order valence-electron chi connectivity index (χ3n) is 8.01.